The third kappa shape index (κ3) is 2.83. The molecular weight excluding hydrogens is 280 g/mol. The van der Waals surface area contributed by atoms with E-state index in [-0.39, 0.29) is 4.90 Å². The summed E-state index contributed by atoms with van der Waals surface area (Å²) >= 11 is 0. The summed E-state index contributed by atoms with van der Waals surface area (Å²) in [6.45, 7) is 1.80. The van der Waals surface area contributed by atoms with E-state index in [0.717, 1.165) is 17.8 Å². The van der Waals surface area contributed by atoms with Gasteiger partial charge in [-0.1, -0.05) is 0 Å². The Hall–Kier alpha value is -2.28. The maximum atomic E-state index is 12.1. The lowest BCUT2D eigenvalue weighted by Crippen LogP contribution is -2.20. The molecule has 2 aromatic rings. The van der Waals surface area contributed by atoms with Crippen LogP contribution in [0, 0.1) is 6.92 Å². The van der Waals surface area contributed by atoms with Crippen molar-refractivity contribution in [3.8, 4) is 5.75 Å². The lowest BCUT2D eigenvalue weighted by Gasteiger charge is -2.10. The Labute approximate surface area is 116 Å². The predicted octanol–water partition coefficient (Wildman–Crippen LogP) is 1.49. The molecular formula is C13H14N2O4S. The van der Waals surface area contributed by atoms with E-state index < -0.39 is 15.5 Å². The molecule has 0 saturated carbocycles. The van der Waals surface area contributed by atoms with Crippen LogP contribution in [0.1, 0.15) is 5.56 Å². The van der Waals surface area contributed by atoms with Crippen LogP contribution in [0.15, 0.2) is 46.3 Å². The van der Waals surface area contributed by atoms with Crippen LogP contribution in [-0.2, 0) is 10.0 Å². The molecule has 0 aliphatic carbocycles. The number of pyridine rings is 1. The fraction of sp³-hybridized carbons (Fsp3) is 0.154. The summed E-state index contributed by atoms with van der Waals surface area (Å²) in [6, 6.07) is 6.02. The predicted molar refractivity (Wildman–Crippen MR) is 75.6 cm³/mol. The molecule has 0 amide bonds. The van der Waals surface area contributed by atoms with Crippen molar-refractivity contribution >= 4 is 15.7 Å². The fourth-order valence-electron chi connectivity index (χ4n) is 1.76. The first kappa shape index (κ1) is 14.1. The Morgan fingerprint density at radius 2 is 2.00 bits per heavy atom. The lowest BCUT2D eigenvalue weighted by molar-refractivity contribution is 0.412. The molecule has 0 radical (unpaired) electrons. The highest BCUT2D eigenvalue weighted by molar-refractivity contribution is 7.92. The molecule has 0 atom stereocenters. The minimum Gasteiger partial charge on any atom is -0.496 e. The van der Waals surface area contributed by atoms with Gasteiger partial charge < -0.3 is 9.72 Å². The number of ether oxygens (including phenoxy) is 1. The van der Waals surface area contributed by atoms with Crippen LogP contribution in [0.4, 0.5) is 5.69 Å². The van der Waals surface area contributed by atoms with Gasteiger partial charge in [-0.15, -0.1) is 0 Å². The number of H-pyrrole nitrogens is 1. The normalized spacial score (nSPS) is 11.1. The van der Waals surface area contributed by atoms with Crippen LogP contribution in [0.5, 0.6) is 5.75 Å². The second-order valence-electron chi connectivity index (χ2n) is 4.16. The molecule has 1 aromatic carbocycles. The number of rotatable bonds is 4. The highest BCUT2D eigenvalue weighted by Crippen LogP contribution is 2.22. The lowest BCUT2D eigenvalue weighted by atomic mass is 10.2. The van der Waals surface area contributed by atoms with Gasteiger partial charge >= 0.3 is 0 Å². The second-order valence-corrected chi connectivity index (χ2v) is 5.81. The Kier molecular flexibility index (Phi) is 3.80. The molecule has 1 heterocycles. The summed E-state index contributed by atoms with van der Waals surface area (Å²) in [7, 11) is -2.38. The number of hydrogen-bond acceptors (Lipinski definition) is 4. The molecule has 0 saturated heterocycles. The van der Waals surface area contributed by atoms with Crippen molar-refractivity contribution in [2.45, 2.75) is 11.8 Å². The summed E-state index contributed by atoms with van der Waals surface area (Å²) in [5.41, 5.74) is 0.586. The van der Waals surface area contributed by atoms with Crippen molar-refractivity contribution < 1.29 is 13.2 Å². The average Bonchev–Trinajstić information content (AvgIpc) is 2.38. The smallest absolute Gasteiger partial charge is 0.267 e. The summed E-state index contributed by atoms with van der Waals surface area (Å²) in [4.78, 5) is 13.8. The molecule has 0 unspecified atom stereocenters. The number of nitrogens with one attached hydrogen (secondary N) is 2. The van der Waals surface area contributed by atoms with Crippen LogP contribution < -0.4 is 14.9 Å². The zero-order valence-corrected chi connectivity index (χ0v) is 11.8. The van der Waals surface area contributed by atoms with Crippen molar-refractivity contribution in [1.82, 2.24) is 4.98 Å². The van der Waals surface area contributed by atoms with Gasteiger partial charge in [-0.2, -0.15) is 0 Å². The third-order valence-corrected chi connectivity index (χ3v) is 4.13. The number of aryl methyl sites for hydroxylation is 1. The average molecular weight is 294 g/mol. The van der Waals surface area contributed by atoms with Gasteiger partial charge in [0.15, 0.2) is 4.90 Å². The van der Waals surface area contributed by atoms with E-state index in [1.54, 1.807) is 25.1 Å². The molecule has 1 aromatic heterocycles. The van der Waals surface area contributed by atoms with E-state index in [2.05, 4.69) is 9.71 Å². The van der Waals surface area contributed by atoms with Crippen molar-refractivity contribution in [2.75, 3.05) is 11.8 Å². The fourth-order valence-corrected chi connectivity index (χ4v) is 2.87. The SMILES string of the molecule is COc1ccc(NS(=O)(=O)c2c[nH]ccc2=O)cc1C. The molecule has 2 N–H and O–H groups in total. The number of aromatic amines is 1. The van der Waals surface area contributed by atoms with Crippen molar-refractivity contribution in [3.05, 3.63) is 52.4 Å². The molecule has 0 spiro atoms. The number of anilines is 1. The van der Waals surface area contributed by atoms with E-state index in [1.807, 2.05) is 0 Å². The van der Waals surface area contributed by atoms with Gasteiger partial charge in [-0.05, 0) is 30.7 Å². The summed E-state index contributed by atoms with van der Waals surface area (Å²) < 4.78 is 31.7. The third-order valence-electron chi connectivity index (χ3n) is 2.72. The van der Waals surface area contributed by atoms with Gasteiger partial charge in [0, 0.05) is 24.1 Å². The van der Waals surface area contributed by atoms with Gasteiger partial charge in [0.25, 0.3) is 10.0 Å². The molecule has 6 nitrogen and oxygen atoms in total. The first-order chi connectivity index (χ1) is 9.44. The molecule has 0 fully saturated rings. The molecule has 106 valence electrons. The van der Waals surface area contributed by atoms with Crippen LogP contribution in [0.3, 0.4) is 0 Å². The molecule has 0 aliphatic heterocycles. The topological polar surface area (TPSA) is 88.3 Å². The molecule has 0 aliphatic rings. The Morgan fingerprint density at radius 3 is 2.60 bits per heavy atom. The first-order valence-electron chi connectivity index (χ1n) is 5.78. The van der Waals surface area contributed by atoms with Crippen molar-refractivity contribution in [3.63, 3.8) is 0 Å². The maximum Gasteiger partial charge on any atom is 0.267 e. The van der Waals surface area contributed by atoms with Crippen LogP contribution >= 0.6 is 0 Å². The van der Waals surface area contributed by atoms with Gasteiger partial charge in [-0.25, -0.2) is 8.42 Å². The number of sulfonamides is 1. The molecule has 7 heteroatoms. The summed E-state index contributed by atoms with van der Waals surface area (Å²) in [5, 5.41) is 0. The van der Waals surface area contributed by atoms with E-state index >= 15 is 0 Å². The van der Waals surface area contributed by atoms with E-state index in [0.29, 0.717) is 11.4 Å². The highest BCUT2D eigenvalue weighted by Gasteiger charge is 2.17. The minimum atomic E-state index is -3.91. The van der Waals surface area contributed by atoms with Crippen LogP contribution in [-0.4, -0.2) is 20.5 Å². The quantitative estimate of drug-likeness (QED) is 0.894. The Bertz CT molecular complexity index is 781. The maximum absolute atomic E-state index is 12.1. The van der Waals surface area contributed by atoms with Crippen LogP contribution in [0.2, 0.25) is 0 Å². The van der Waals surface area contributed by atoms with E-state index in [9.17, 15) is 13.2 Å². The molecule has 2 rings (SSSR count). The van der Waals surface area contributed by atoms with Gasteiger partial charge in [0.1, 0.15) is 5.75 Å². The van der Waals surface area contributed by atoms with Gasteiger partial charge in [0.2, 0.25) is 5.43 Å². The number of benzene rings is 1. The Morgan fingerprint density at radius 1 is 1.25 bits per heavy atom. The second kappa shape index (κ2) is 5.38. The van der Waals surface area contributed by atoms with Gasteiger partial charge in [0.05, 0.1) is 7.11 Å². The molecule has 0 bridgehead atoms. The summed E-state index contributed by atoms with van der Waals surface area (Å²) in [5.74, 6) is 0.658. The molecule has 20 heavy (non-hydrogen) atoms. The number of hydrogen-bond donors (Lipinski definition) is 2. The van der Waals surface area contributed by atoms with Crippen molar-refractivity contribution in [1.29, 1.82) is 0 Å². The van der Waals surface area contributed by atoms with E-state index in [1.165, 1.54) is 13.3 Å². The zero-order valence-electron chi connectivity index (χ0n) is 11.0. The van der Waals surface area contributed by atoms with Gasteiger partial charge in [-0.3, -0.25) is 9.52 Å². The largest absolute Gasteiger partial charge is 0.496 e. The van der Waals surface area contributed by atoms with Crippen LogP contribution in [0.25, 0.3) is 0 Å². The number of aromatic nitrogens is 1. The van der Waals surface area contributed by atoms with Crippen molar-refractivity contribution in [2.24, 2.45) is 0 Å². The van der Waals surface area contributed by atoms with E-state index in [4.69, 9.17) is 4.74 Å². The minimum absolute atomic E-state index is 0.325. The summed E-state index contributed by atoms with van der Waals surface area (Å²) in [6.07, 6.45) is 2.53. The first-order valence-corrected chi connectivity index (χ1v) is 7.27. The highest BCUT2D eigenvalue weighted by atomic mass is 32.2. The zero-order chi connectivity index (χ0) is 14.8. The standard InChI is InChI=1S/C13H14N2O4S/c1-9-7-10(3-4-12(9)19-2)15-20(17,18)13-8-14-6-5-11(13)16/h3-8,15H,1-2H3,(H,14,16). The number of methoxy groups -OCH3 is 1. The monoisotopic (exact) mass is 294 g/mol. The Balaban J connectivity index is 2.36.